The van der Waals surface area contributed by atoms with Crippen LogP contribution in [0.25, 0.3) is 0 Å². The normalized spacial score (nSPS) is 22.0. The van der Waals surface area contributed by atoms with Gasteiger partial charge < -0.3 is 24.5 Å². The van der Waals surface area contributed by atoms with Crippen LogP contribution in [0.4, 0.5) is 0 Å². The molecule has 0 saturated carbocycles. The van der Waals surface area contributed by atoms with Gasteiger partial charge in [0.15, 0.2) is 5.57 Å². The fourth-order valence-corrected chi connectivity index (χ4v) is 2.29. The highest BCUT2D eigenvalue weighted by Crippen LogP contribution is 2.50. The summed E-state index contributed by atoms with van der Waals surface area (Å²) in [5.74, 6) is -12.9. The molecule has 0 fully saturated rings. The van der Waals surface area contributed by atoms with E-state index >= 15 is 0 Å². The molecule has 16 nitrogen and oxygen atoms in total. The van der Waals surface area contributed by atoms with E-state index in [0.29, 0.717) is 0 Å². The van der Waals surface area contributed by atoms with E-state index in [1.54, 1.807) is 0 Å². The summed E-state index contributed by atoms with van der Waals surface area (Å²) in [4.78, 5) is 46.7. The van der Waals surface area contributed by atoms with Gasteiger partial charge in [0.2, 0.25) is 17.3 Å². The molecule has 0 amide bonds. The first-order valence-corrected chi connectivity index (χ1v) is 6.86. The predicted octanol–water partition coefficient (Wildman–Crippen LogP) is 0.265. The largest absolute Gasteiger partial charge is 0.477 e. The maximum absolute atomic E-state index is 12.7. The number of carbonyl (C=O) groups is 2. The Balaban J connectivity index is 4.13. The quantitative estimate of drug-likeness (QED) is 0.121. The van der Waals surface area contributed by atoms with Crippen molar-refractivity contribution in [2.45, 2.75) is 37.8 Å². The van der Waals surface area contributed by atoms with E-state index in [4.69, 9.17) is 20.5 Å². The summed E-state index contributed by atoms with van der Waals surface area (Å²) in [5, 5.41) is 64.4. The molecule has 0 aliphatic heterocycles. The summed E-state index contributed by atoms with van der Waals surface area (Å²) in [5.41, 5.74) is -6.71. The van der Waals surface area contributed by atoms with Crippen LogP contribution in [0.15, 0.2) is 22.9 Å². The van der Waals surface area contributed by atoms with Crippen molar-refractivity contribution in [1.29, 1.82) is 0 Å². The summed E-state index contributed by atoms with van der Waals surface area (Å²) in [6.45, 7) is 3.86. The van der Waals surface area contributed by atoms with Gasteiger partial charge >= 0.3 is 23.3 Å². The Morgan fingerprint density at radius 2 is 1.32 bits per heavy atom. The van der Waals surface area contributed by atoms with Crippen LogP contribution < -0.4 is 0 Å². The van der Waals surface area contributed by atoms with Crippen LogP contribution >= 0.6 is 0 Å². The van der Waals surface area contributed by atoms with Crippen LogP contribution in [0.1, 0.15) is 20.8 Å². The lowest BCUT2D eigenvalue weighted by Gasteiger charge is -2.43. The average Bonchev–Trinajstić information content (AvgIpc) is 2.63. The third-order valence-electron chi connectivity index (χ3n) is 3.31. The lowest BCUT2D eigenvalue weighted by atomic mass is 9.81. The van der Waals surface area contributed by atoms with E-state index in [9.17, 15) is 30.5 Å². The van der Waals surface area contributed by atoms with E-state index in [1.807, 2.05) is 0 Å². The van der Waals surface area contributed by atoms with Crippen molar-refractivity contribution in [3.05, 3.63) is 22.9 Å². The summed E-state index contributed by atoms with van der Waals surface area (Å²) >= 11 is 0. The first-order valence-electron chi connectivity index (χ1n) is 6.86. The second-order valence-electron chi connectivity index (χ2n) is 6.01. The van der Waals surface area contributed by atoms with Gasteiger partial charge in [-0.25, -0.2) is 46.0 Å². The second kappa shape index (κ2) is 8.22. The lowest BCUT2D eigenvalue weighted by Crippen LogP contribution is -2.68. The number of esters is 1. The van der Waals surface area contributed by atoms with Crippen LogP contribution in [0.5, 0.6) is 0 Å². The second-order valence-corrected chi connectivity index (χ2v) is 6.01. The van der Waals surface area contributed by atoms with Crippen molar-refractivity contribution in [3.63, 3.8) is 0 Å². The van der Waals surface area contributed by atoms with Crippen molar-refractivity contribution in [2.24, 2.45) is 0 Å². The smallest absolute Gasteiger partial charge is 0.357 e. The van der Waals surface area contributed by atoms with Gasteiger partial charge in [-0.1, -0.05) is 0 Å². The van der Waals surface area contributed by atoms with E-state index in [-0.39, 0.29) is 0 Å². The number of hydrogen-bond donors (Lipinski definition) is 7. The SMILES string of the molecule is CC(C)(C)OC(=O)C1(OO)C(OO)=C(OO)C(C(=O)O)=C(OO)C1(OO)OO. The molecule has 28 heavy (non-hydrogen) atoms. The molecule has 16 heteroatoms. The van der Waals surface area contributed by atoms with Crippen molar-refractivity contribution in [1.82, 2.24) is 0 Å². The summed E-state index contributed by atoms with van der Waals surface area (Å²) in [7, 11) is 0. The maximum Gasteiger partial charge on any atom is 0.357 e. The molecule has 160 valence electrons. The van der Waals surface area contributed by atoms with E-state index in [2.05, 4.69) is 29.3 Å². The fourth-order valence-electron chi connectivity index (χ4n) is 2.29. The lowest BCUT2D eigenvalue weighted by molar-refractivity contribution is -0.539. The van der Waals surface area contributed by atoms with Gasteiger partial charge in [0.1, 0.15) is 5.60 Å². The predicted molar refractivity (Wildman–Crippen MR) is 75.3 cm³/mol. The topological polar surface area (TPSA) is 240 Å². The highest BCUT2D eigenvalue weighted by atomic mass is 17.3. The number of carboxylic acids is 1. The number of carbonyl (C=O) groups excluding carboxylic acids is 1. The van der Waals surface area contributed by atoms with Gasteiger partial charge in [0, 0.05) is 0 Å². The molecule has 0 aromatic heterocycles. The molecule has 1 aliphatic rings. The van der Waals surface area contributed by atoms with Crippen LogP contribution in [-0.4, -0.2) is 65.6 Å². The first kappa shape index (κ1) is 23.5. The monoisotopic (exact) mass is 416 g/mol. The van der Waals surface area contributed by atoms with Gasteiger partial charge in [-0.05, 0) is 20.8 Å². The van der Waals surface area contributed by atoms with Gasteiger partial charge in [-0.15, -0.1) is 0 Å². The zero-order valence-corrected chi connectivity index (χ0v) is 14.3. The third-order valence-corrected chi connectivity index (χ3v) is 3.31. The Kier molecular flexibility index (Phi) is 6.90. The molecule has 1 unspecified atom stereocenters. The maximum atomic E-state index is 12.7. The van der Waals surface area contributed by atoms with Gasteiger partial charge in [0.05, 0.1) is 0 Å². The summed E-state index contributed by atoms with van der Waals surface area (Å²) in [6, 6.07) is 0. The van der Waals surface area contributed by atoms with Gasteiger partial charge in [-0.3, -0.25) is 0 Å². The zero-order chi connectivity index (χ0) is 21.9. The molecule has 0 aromatic carbocycles. The number of aliphatic carboxylic acids is 1. The van der Waals surface area contributed by atoms with Crippen molar-refractivity contribution in [3.8, 4) is 0 Å². The molecule has 1 rings (SSSR count). The molecular weight excluding hydrogens is 400 g/mol. The molecule has 0 radical (unpaired) electrons. The average molecular weight is 416 g/mol. The first-order chi connectivity index (χ1) is 13.0. The van der Waals surface area contributed by atoms with E-state index < -0.39 is 51.8 Å². The molecule has 0 saturated heterocycles. The fraction of sp³-hybridized carbons (Fsp3) is 0.500. The van der Waals surface area contributed by atoms with Gasteiger partial charge in [-0.2, -0.15) is 9.78 Å². The Bertz CT molecular complexity index is 682. The Morgan fingerprint density at radius 1 is 0.821 bits per heavy atom. The molecule has 1 aliphatic carbocycles. The Morgan fingerprint density at radius 3 is 1.61 bits per heavy atom. The van der Waals surface area contributed by atoms with E-state index in [0.717, 1.165) is 0 Å². The molecular formula is C12H16O16. The van der Waals surface area contributed by atoms with Crippen LogP contribution in [0.2, 0.25) is 0 Å². The molecule has 7 N–H and O–H groups in total. The third kappa shape index (κ3) is 3.24. The minimum atomic E-state index is -3.85. The highest BCUT2D eigenvalue weighted by molar-refractivity contribution is 5.96. The molecule has 0 aromatic rings. The van der Waals surface area contributed by atoms with Crippen LogP contribution in [0, 0.1) is 0 Å². The number of hydrogen-bond acceptors (Lipinski definition) is 15. The summed E-state index contributed by atoms with van der Waals surface area (Å²) in [6.07, 6.45) is 0. The minimum Gasteiger partial charge on any atom is -0.477 e. The zero-order valence-electron chi connectivity index (χ0n) is 14.3. The molecule has 0 bridgehead atoms. The number of rotatable bonds is 8. The van der Waals surface area contributed by atoms with E-state index in [1.165, 1.54) is 20.8 Å². The van der Waals surface area contributed by atoms with Crippen molar-refractivity contribution in [2.75, 3.05) is 0 Å². The minimum absolute atomic E-state index is 1.29. The highest BCUT2D eigenvalue weighted by Gasteiger charge is 2.77. The number of ether oxygens (including phenoxy) is 1. The van der Waals surface area contributed by atoms with Crippen molar-refractivity contribution < 1.29 is 80.3 Å². The number of carboxylic acid groups (broad SMARTS) is 1. The van der Waals surface area contributed by atoms with Crippen LogP contribution in [-0.2, 0) is 43.7 Å². The molecule has 0 heterocycles. The Labute approximate surface area is 154 Å². The standard InChI is InChI=1S/C12H16O16/c1-10(2,3)22-9(15)11(26-19)7(25-18)5(23-16)4(8(13)14)6(24-17)12(11,27-20)28-21/h16-21H,1-3H3,(H,13,14). The Hall–Kier alpha value is -2.54. The molecule has 0 spiro atoms. The van der Waals surface area contributed by atoms with Crippen molar-refractivity contribution >= 4 is 11.9 Å². The molecule has 1 atom stereocenters. The van der Waals surface area contributed by atoms with Crippen LogP contribution in [0.3, 0.4) is 0 Å². The summed E-state index contributed by atoms with van der Waals surface area (Å²) < 4.78 is 4.87. The van der Waals surface area contributed by atoms with Gasteiger partial charge in [0.25, 0.3) is 0 Å².